The first-order chi connectivity index (χ1) is 17.9. The maximum absolute atomic E-state index is 14.3. The van der Waals surface area contributed by atoms with E-state index in [1.165, 1.54) is 28.6 Å². The number of rotatable bonds is 7. The van der Waals surface area contributed by atoms with Gasteiger partial charge in [-0.15, -0.1) is 0 Å². The average molecular weight is 550 g/mol. The van der Waals surface area contributed by atoms with Crippen LogP contribution in [0.5, 0.6) is 0 Å². The number of nitrogens with zero attached hydrogens (tertiary/aromatic N) is 3. The van der Waals surface area contributed by atoms with Crippen molar-refractivity contribution in [3.05, 3.63) is 93.0 Å². The fraction of sp³-hybridized carbons (Fsp3) is 0.276. The maximum atomic E-state index is 14.3. The number of hydrogen-bond acceptors (Lipinski definition) is 5. The summed E-state index contributed by atoms with van der Waals surface area (Å²) in [4.78, 5) is 27.9. The van der Waals surface area contributed by atoms with Crippen LogP contribution in [-0.2, 0) is 26.0 Å². The molecule has 0 aliphatic carbocycles. The Labute approximate surface area is 228 Å². The first kappa shape index (κ1) is 27.5. The van der Waals surface area contributed by atoms with Crippen molar-refractivity contribution in [2.24, 2.45) is 0 Å². The molecule has 1 fully saturated rings. The molecule has 3 aromatic rings. The van der Waals surface area contributed by atoms with Crippen molar-refractivity contribution in [2.45, 2.75) is 51.5 Å². The third-order valence-corrected chi connectivity index (χ3v) is 9.52. The average Bonchev–Trinajstić information content (AvgIpc) is 3.16. The predicted molar refractivity (Wildman–Crippen MR) is 146 cm³/mol. The molecule has 196 valence electrons. The summed E-state index contributed by atoms with van der Waals surface area (Å²) in [7, 11) is -4.19. The Morgan fingerprint density at radius 1 is 1.00 bits per heavy atom. The monoisotopic (exact) mass is 549 g/mol. The van der Waals surface area contributed by atoms with Gasteiger partial charge in [0.25, 0.3) is 5.91 Å². The highest BCUT2D eigenvalue weighted by Crippen LogP contribution is 2.34. The number of nitriles is 1. The minimum Gasteiger partial charge on any atom is -0.274 e. The Morgan fingerprint density at radius 2 is 1.63 bits per heavy atom. The Bertz CT molecular complexity index is 1550. The molecule has 4 rings (SSSR count). The number of amides is 2. The van der Waals surface area contributed by atoms with Crippen molar-refractivity contribution < 1.29 is 18.0 Å². The standard InChI is InChI=1S/C29H28ClN3O4S/c1-18-14-19(2)21(4)28(20(18)3)38(36,37)32(13-12-22-6-5-7-24(30)15-22)26-16-27(34)33(29(26)35)25-10-8-23(17-31)9-11-25/h5-11,14-15,26H,12-13,16H2,1-4H3. The summed E-state index contributed by atoms with van der Waals surface area (Å²) >= 11 is 6.14. The molecule has 1 heterocycles. The van der Waals surface area contributed by atoms with Crippen LogP contribution in [-0.4, -0.2) is 37.1 Å². The quantitative estimate of drug-likeness (QED) is 0.386. The van der Waals surface area contributed by atoms with Crippen molar-refractivity contribution in [1.82, 2.24) is 4.31 Å². The summed E-state index contributed by atoms with van der Waals surface area (Å²) in [6.45, 7) is 7.21. The number of sulfonamides is 1. The molecule has 3 aromatic carbocycles. The van der Waals surface area contributed by atoms with Gasteiger partial charge in [-0.3, -0.25) is 9.59 Å². The zero-order chi connectivity index (χ0) is 27.8. The third-order valence-electron chi connectivity index (χ3n) is 7.10. The van der Waals surface area contributed by atoms with Crippen LogP contribution in [0.2, 0.25) is 5.02 Å². The van der Waals surface area contributed by atoms with E-state index in [0.717, 1.165) is 21.6 Å². The van der Waals surface area contributed by atoms with Crippen molar-refractivity contribution in [2.75, 3.05) is 11.4 Å². The summed E-state index contributed by atoms with van der Waals surface area (Å²) in [5, 5.41) is 9.61. The lowest BCUT2D eigenvalue weighted by Crippen LogP contribution is -2.46. The van der Waals surface area contributed by atoms with E-state index in [2.05, 4.69) is 0 Å². The Morgan fingerprint density at radius 3 is 2.21 bits per heavy atom. The topological polar surface area (TPSA) is 98.6 Å². The second-order valence-electron chi connectivity index (χ2n) is 9.53. The molecule has 0 N–H and O–H groups in total. The molecule has 1 saturated heterocycles. The van der Waals surface area contributed by atoms with Crippen LogP contribution in [0, 0.1) is 39.0 Å². The predicted octanol–water partition coefficient (Wildman–Crippen LogP) is 5.01. The van der Waals surface area contributed by atoms with Gasteiger partial charge in [-0.2, -0.15) is 9.57 Å². The highest BCUT2D eigenvalue weighted by atomic mass is 35.5. The third kappa shape index (κ3) is 5.10. The number of imide groups is 1. The second-order valence-corrected chi connectivity index (χ2v) is 11.8. The zero-order valence-corrected chi connectivity index (χ0v) is 23.2. The van der Waals surface area contributed by atoms with E-state index in [0.29, 0.717) is 33.8 Å². The van der Waals surface area contributed by atoms with Gasteiger partial charge in [-0.1, -0.05) is 29.8 Å². The second kappa shape index (κ2) is 10.7. The number of carbonyl (C=O) groups excluding carboxylic acids is 2. The molecule has 38 heavy (non-hydrogen) atoms. The Kier molecular flexibility index (Phi) is 7.75. The molecule has 0 saturated carbocycles. The van der Waals surface area contributed by atoms with E-state index in [1.807, 2.05) is 32.0 Å². The normalized spacial score (nSPS) is 15.8. The molecular formula is C29H28ClN3O4S. The van der Waals surface area contributed by atoms with Crippen molar-refractivity contribution in [3.8, 4) is 6.07 Å². The van der Waals surface area contributed by atoms with Crippen LogP contribution in [0.3, 0.4) is 0 Å². The maximum Gasteiger partial charge on any atom is 0.252 e. The van der Waals surface area contributed by atoms with Crippen molar-refractivity contribution >= 4 is 39.1 Å². The minimum atomic E-state index is -4.19. The van der Waals surface area contributed by atoms with Crippen LogP contribution in [0.4, 0.5) is 5.69 Å². The van der Waals surface area contributed by atoms with E-state index in [4.69, 9.17) is 16.9 Å². The van der Waals surface area contributed by atoms with Gasteiger partial charge in [0.1, 0.15) is 6.04 Å². The zero-order valence-electron chi connectivity index (χ0n) is 21.7. The molecule has 1 atom stereocenters. The summed E-state index contributed by atoms with van der Waals surface area (Å²) < 4.78 is 29.8. The molecule has 0 spiro atoms. The Balaban J connectivity index is 1.79. The highest BCUT2D eigenvalue weighted by molar-refractivity contribution is 7.89. The van der Waals surface area contributed by atoms with Crippen molar-refractivity contribution in [1.29, 1.82) is 5.26 Å². The lowest BCUT2D eigenvalue weighted by molar-refractivity contribution is -0.122. The van der Waals surface area contributed by atoms with Gasteiger partial charge >= 0.3 is 0 Å². The molecule has 0 bridgehead atoms. The van der Waals surface area contributed by atoms with Crippen molar-refractivity contribution in [3.63, 3.8) is 0 Å². The summed E-state index contributed by atoms with van der Waals surface area (Å²) in [6, 6.07) is 15.9. The first-order valence-electron chi connectivity index (χ1n) is 12.2. The van der Waals surface area contributed by atoms with Gasteiger partial charge in [-0.05, 0) is 98.3 Å². The Hall–Kier alpha value is -3.51. The van der Waals surface area contributed by atoms with E-state index < -0.39 is 27.9 Å². The van der Waals surface area contributed by atoms with E-state index in [9.17, 15) is 18.0 Å². The molecule has 1 unspecified atom stereocenters. The molecule has 1 aliphatic rings. The minimum absolute atomic E-state index is 0.0144. The molecule has 0 radical (unpaired) electrons. The highest BCUT2D eigenvalue weighted by Gasteiger charge is 2.47. The number of halogens is 1. The fourth-order valence-corrected chi connectivity index (χ4v) is 7.23. The van der Waals surface area contributed by atoms with Crippen LogP contribution in [0.25, 0.3) is 0 Å². The number of benzene rings is 3. The lowest BCUT2D eigenvalue weighted by atomic mass is 10.0. The molecule has 9 heteroatoms. The summed E-state index contributed by atoms with van der Waals surface area (Å²) in [5.41, 5.74) is 4.38. The van der Waals surface area contributed by atoms with Gasteiger partial charge in [0.2, 0.25) is 15.9 Å². The van der Waals surface area contributed by atoms with E-state index >= 15 is 0 Å². The summed E-state index contributed by atoms with van der Waals surface area (Å²) in [6.07, 6.45) is 0.0218. The van der Waals surface area contributed by atoms with E-state index in [1.54, 1.807) is 32.0 Å². The van der Waals surface area contributed by atoms with Crippen LogP contribution < -0.4 is 4.90 Å². The molecule has 1 aliphatic heterocycles. The number of anilines is 1. The van der Waals surface area contributed by atoms with Gasteiger partial charge in [0.15, 0.2) is 0 Å². The molecule has 2 amide bonds. The van der Waals surface area contributed by atoms with E-state index in [-0.39, 0.29) is 17.9 Å². The van der Waals surface area contributed by atoms with Crippen LogP contribution in [0.15, 0.2) is 59.5 Å². The molecule has 7 nitrogen and oxygen atoms in total. The first-order valence-corrected chi connectivity index (χ1v) is 14.0. The van der Waals surface area contributed by atoms with Gasteiger partial charge < -0.3 is 0 Å². The molecular weight excluding hydrogens is 522 g/mol. The largest absolute Gasteiger partial charge is 0.274 e. The van der Waals surface area contributed by atoms with Gasteiger partial charge in [-0.25, -0.2) is 13.3 Å². The SMILES string of the molecule is Cc1cc(C)c(C)c(S(=O)(=O)N(CCc2cccc(Cl)c2)C2CC(=O)N(c3ccc(C#N)cc3)C2=O)c1C. The number of aryl methyl sites for hydroxylation is 2. The molecule has 0 aromatic heterocycles. The van der Waals surface area contributed by atoms with Gasteiger partial charge in [0, 0.05) is 11.6 Å². The van der Waals surface area contributed by atoms with Crippen LogP contribution in [0.1, 0.15) is 39.8 Å². The smallest absolute Gasteiger partial charge is 0.252 e. The fourth-order valence-electron chi connectivity index (χ4n) is 4.86. The summed E-state index contributed by atoms with van der Waals surface area (Å²) in [5.74, 6) is -1.12. The van der Waals surface area contributed by atoms with Gasteiger partial charge in [0.05, 0.1) is 28.6 Å². The number of hydrogen-bond donors (Lipinski definition) is 0. The number of carbonyl (C=O) groups is 2. The van der Waals surface area contributed by atoms with Crippen LogP contribution >= 0.6 is 11.6 Å². The lowest BCUT2D eigenvalue weighted by Gasteiger charge is -2.29.